The number of nitrogens with zero attached hydrogens (tertiary/aromatic N) is 4. The molecular formula is C11H18N4. The fourth-order valence-electron chi connectivity index (χ4n) is 1.22. The van der Waals surface area contributed by atoms with Crippen molar-refractivity contribution in [3.63, 3.8) is 0 Å². The number of unbranched alkanes of at least 4 members (excludes halogenated alkanes) is 1. The highest BCUT2D eigenvalue weighted by molar-refractivity contribution is 5.71. The number of aliphatic imine (C=N–C) groups is 1. The monoisotopic (exact) mass is 206 g/mol. The van der Waals surface area contributed by atoms with Crippen LogP contribution in [0.3, 0.4) is 0 Å². The van der Waals surface area contributed by atoms with Gasteiger partial charge in [0.2, 0.25) is 0 Å². The predicted molar refractivity (Wildman–Crippen MR) is 64.2 cm³/mol. The first-order chi connectivity index (χ1) is 7.16. The lowest BCUT2D eigenvalue weighted by molar-refractivity contribution is 0.995. The summed E-state index contributed by atoms with van der Waals surface area (Å²) in [5, 5.41) is 0. The van der Waals surface area contributed by atoms with Crippen LogP contribution in [0.25, 0.3) is 0 Å². The maximum Gasteiger partial charge on any atom is 0.157 e. The van der Waals surface area contributed by atoms with Crippen molar-refractivity contribution < 1.29 is 0 Å². The summed E-state index contributed by atoms with van der Waals surface area (Å²) in [6.07, 6.45) is 5.59. The predicted octanol–water partition coefficient (Wildman–Crippen LogP) is 2.35. The highest BCUT2D eigenvalue weighted by atomic mass is 15.2. The van der Waals surface area contributed by atoms with Gasteiger partial charge in [0.05, 0.1) is 5.69 Å². The lowest BCUT2D eigenvalue weighted by Gasteiger charge is -2.14. The van der Waals surface area contributed by atoms with Crippen molar-refractivity contribution in [2.24, 2.45) is 4.99 Å². The molecule has 1 aromatic rings. The molecule has 15 heavy (non-hydrogen) atoms. The van der Waals surface area contributed by atoms with Gasteiger partial charge in [-0.3, -0.25) is 4.99 Å². The Bertz CT molecular complexity index is 344. The minimum atomic E-state index is 0.870. The number of hydrogen-bond acceptors (Lipinski definition) is 4. The van der Waals surface area contributed by atoms with E-state index < -0.39 is 0 Å². The van der Waals surface area contributed by atoms with Crippen LogP contribution in [0.2, 0.25) is 0 Å². The van der Waals surface area contributed by atoms with Gasteiger partial charge in [0.1, 0.15) is 12.0 Å². The first kappa shape index (κ1) is 11.6. The minimum Gasteiger partial charge on any atom is -0.361 e. The van der Waals surface area contributed by atoms with Crippen LogP contribution in [0.1, 0.15) is 25.5 Å². The molecule has 0 N–H and O–H groups in total. The molecule has 1 rings (SSSR count). The van der Waals surface area contributed by atoms with E-state index in [0.29, 0.717) is 0 Å². The lowest BCUT2D eigenvalue weighted by atomic mass is 10.3. The second-order valence-corrected chi connectivity index (χ2v) is 3.63. The van der Waals surface area contributed by atoms with Gasteiger partial charge in [0.15, 0.2) is 5.82 Å². The van der Waals surface area contributed by atoms with Crippen molar-refractivity contribution in [1.29, 1.82) is 0 Å². The molecule has 0 unspecified atom stereocenters. The van der Waals surface area contributed by atoms with Gasteiger partial charge in [0, 0.05) is 20.3 Å². The molecule has 0 spiro atoms. The van der Waals surface area contributed by atoms with Crippen molar-refractivity contribution in [1.82, 2.24) is 9.97 Å². The maximum absolute atomic E-state index is 4.43. The third-order valence-corrected chi connectivity index (χ3v) is 2.05. The van der Waals surface area contributed by atoms with Gasteiger partial charge in [0.25, 0.3) is 0 Å². The van der Waals surface area contributed by atoms with Gasteiger partial charge in [-0.1, -0.05) is 13.3 Å². The highest BCUT2D eigenvalue weighted by Gasteiger charge is 2.07. The van der Waals surface area contributed by atoms with E-state index in [9.17, 15) is 0 Å². The largest absolute Gasteiger partial charge is 0.361 e. The van der Waals surface area contributed by atoms with Crippen molar-refractivity contribution >= 4 is 17.7 Å². The number of rotatable bonds is 4. The van der Waals surface area contributed by atoms with Crippen molar-refractivity contribution in [2.45, 2.75) is 26.7 Å². The Hall–Kier alpha value is -1.45. The van der Waals surface area contributed by atoms with Crippen LogP contribution in [0.15, 0.2) is 11.3 Å². The molecule has 1 heterocycles. The molecule has 0 aliphatic rings. The van der Waals surface area contributed by atoms with Crippen LogP contribution in [0, 0.1) is 6.92 Å². The standard InChI is InChI=1S/C11H18N4/c1-5-6-7-12-10-9(2)13-8-14-11(10)15(3)4/h7-8H,5-6H2,1-4H3. The van der Waals surface area contributed by atoms with Crippen LogP contribution in [-0.2, 0) is 0 Å². The second-order valence-electron chi connectivity index (χ2n) is 3.63. The first-order valence-corrected chi connectivity index (χ1v) is 5.18. The SMILES string of the molecule is CCCC=Nc1c(C)ncnc1N(C)C. The molecule has 4 nitrogen and oxygen atoms in total. The summed E-state index contributed by atoms with van der Waals surface area (Å²) in [6, 6.07) is 0. The van der Waals surface area contributed by atoms with Crippen LogP contribution < -0.4 is 4.90 Å². The van der Waals surface area contributed by atoms with E-state index in [1.807, 2.05) is 32.1 Å². The lowest BCUT2D eigenvalue weighted by Crippen LogP contribution is -2.11. The molecule has 0 saturated carbocycles. The van der Waals surface area contributed by atoms with Gasteiger partial charge in [-0.15, -0.1) is 0 Å². The second kappa shape index (κ2) is 5.44. The molecule has 0 amide bonds. The summed E-state index contributed by atoms with van der Waals surface area (Å²) in [5.41, 5.74) is 1.79. The molecule has 0 aromatic carbocycles. The summed E-state index contributed by atoms with van der Waals surface area (Å²) in [4.78, 5) is 14.7. The Morgan fingerprint density at radius 3 is 2.73 bits per heavy atom. The summed E-state index contributed by atoms with van der Waals surface area (Å²) in [7, 11) is 3.92. The highest BCUT2D eigenvalue weighted by Crippen LogP contribution is 2.26. The number of hydrogen-bond donors (Lipinski definition) is 0. The molecule has 0 atom stereocenters. The molecule has 0 fully saturated rings. The van der Waals surface area contributed by atoms with Gasteiger partial charge < -0.3 is 4.90 Å². The van der Waals surface area contributed by atoms with E-state index in [-0.39, 0.29) is 0 Å². The minimum absolute atomic E-state index is 0.870. The molecule has 0 radical (unpaired) electrons. The Morgan fingerprint density at radius 2 is 2.13 bits per heavy atom. The van der Waals surface area contributed by atoms with Crippen LogP contribution in [-0.4, -0.2) is 30.3 Å². The van der Waals surface area contributed by atoms with E-state index in [2.05, 4.69) is 21.9 Å². The Morgan fingerprint density at radius 1 is 1.40 bits per heavy atom. The number of aryl methyl sites for hydroxylation is 1. The zero-order valence-corrected chi connectivity index (χ0v) is 9.86. The van der Waals surface area contributed by atoms with Gasteiger partial charge in [-0.05, 0) is 13.3 Å². The van der Waals surface area contributed by atoms with E-state index in [4.69, 9.17) is 0 Å². The van der Waals surface area contributed by atoms with Crippen molar-refractivity contribution in [3.05, 3.63) is 12.0 Å². The summed E-state index contributed by atoms with van der Waals surface area (Å²) >= 11 is 0. The van der Waals surface area contributed by atoms with E-state index in [1.165, 1.54) is 0 Å². The fourth-order valence-corrected chi connectivity index (χ4v) is 1.22. The Kier molecular flexibility index (Phi) is 4.21. The third kappa shape index (κ3) is 3.01. The van der Waals surface area contributed by atoms with Gasteiger partial charge in [-0.25, -0.2) is 9.97 Å². The van der Waals surface area contributed by atoms with Crippen LogP contribution >= 0.6 is 0 Å². The molecule has 0 aliphatic carbocycles. The fraction of sp³-hybridized carbons (Fsp3) is 0.545. The Balaban J connectivity index is 3.02. The van der Waals surface area contributed by atoms with Gasteiger partial charge >= 0.3 is 0 Å². The van der Waals surface area contributed by atoms with E-state index in [0.717, 1.165) is 30.0 Å². The molecule has 0 bridgehead atoms. The molecule has 82 valence electrons. The molecule has 0 aliphatic heterocycles. The molecule has 1 aromatic heterocycles. The normalized spacial score (nSPS) is 10.9. The van der Waals surface area contributed by atoms with Crippen LogP contribution in [0.5, 0.6) is 0 Å². The molecule has 4 heteroatoms. The summed E-state index contributed by atoms with van der Waals surface area (Å²) < 4.78 is 0. The van der Waals surface area contributed by atoms with E-state index >= 15 is 0 Å². The Labute approximate surface area is 91.1 Å². The topological polar surface area (TPSA) is 41.4 Å². The quantitative estimate of drug-likeness (QED) is 0.710. The average Bonchev–Trinajstić information content (AvgIpc) is 2.20. The molecule has 0 saturated heterocycles. The van der Waals surface area contributed by atoms with Crippen molar-refractivity contribution in [3.8, 4) is 0 Å². The summed E-state index contributed by atoms with van der Waals surface area (Å²) in [6.45, 7) is 4.08. The zero-order valence-electron chi connectivity index (χ0n) is 9.86. The number of aromatic nitrogens is 2. The maximum atomic E-state index is 4.43. The van der Waals surface area contributed by atoms with Gasteiger partial charge in [-0.2, -0.15) is 0 Å². The average molecular weight is 206 g/mol. The zero-order chi connectivity index (χ0) is 11.3. The third-order valence-electron chi connectivity index (χ3n) is 2.05. The number of anilines is 1. The van der Waals surface area contributed by atoms with Crippen molar-refractivity contribution in [2.75, 3.05) is 19.0 Å². The summed E-state index contributed by atoms with van der Waals surface area (Å²) in [5.74, 6) is 0.870. The smallest absolute Gasteiger partial charge is 0.157 e. The molecular weight excluding hydrogens is 188 g/mol. The van der Waals surface area contributed by atoms with E-state index in [1.54, 1.807) is 6.33 Å². The first-order valence-electron chi connectivity index (χ1n) is 5.18. The van der Waals surface area contributed by atoms with Crippen LogP contribution in [0.4, 0.5) is 11.5 Å².